The highest BCUT2D eigenvalue weighted by molar-refractivity contribution is 5.70. The number of aliphatic carboxylic acids is 1. The Morgan fingerprint density at radius 3 is 1.23 bits per heavy atom. The van der Waals surface area contributed by atoms with Crippen molar-refractivity contribution in [2.75, 3.05) is 47.5 Å². The van der Waals surface area contributed by atoms with E-state index in [0.29, 0.717) is 17.4 Å². The molecule has 2 atom stereocenters. The standard InChI is InChI=1S/C61H107NO8/c1-6-8-10-12-14-16-18-20-22-24-26-27-28-29-30-31-32-33-34-36-38-40-42-44-46-48-50-52-59(64)70-57(56-69-61(60(65)66)67-54-53-62(3,4)5)55-68-58(63)51-49-47-45-43-41-39-37-35-25-23-21-19-17-15-13-11-9-7-2/h8,10,14,16,20,22-23,25-27,29-30,57,61H,6-7,9,11-13,15,17-19,21,24,28,31-56H2,1-5H3/b10-8-,16-14-,22-20-,25-23-,27-26-,30-29-. The molecule has 404 valence electrons. The number of ether oxygens (including phenoxy) is 4. The number of carboxylic acids is 1. The first-order valence-electron chi connectivity index (χ1n) is 28.6. The molecule has 2 unspecified atom stereocenters. The second kappa shape index (κ2) is 52.1. The number of carboxylic acid groups (broad SMARTS) is 1. The van der Waals surface area contributed by atoms with Crippen LogP contribution in [0.2, 0.25) is 0 Å². The quantitative estimate of drug-likeness (QED) is 0.0195. The summed E-state index contributed by atoms with van der Waals surface area (Å²) in [4.78, 5) is 37.3. The summed E-state index contributed by atoms with van der Waals surface area (Å²) in [6, 6.07) is 0. The Morgan fingerprint density at radius 2 is 0.814 bits per heavy atom. The van der Waals surface area contributed by atoms with Gasteiger partial charge in [-0.1, -0.05) is 215 Å². The monoisotopic (exact) mass is 982 g/mol. The predicted octanol–water partition coefficient (Wildman–Crippen LogP) is 15.3. The van der Waals surface area contributed by atoms with Gasteiger partial charge in [0.2, 0.25) is 0 Å². The zero-order chi connectivity index (χ0) is 51.3. The van der Waals surface area contributed by atoms with Crippen molar-refractivity contribution in [1.29, 1.82) is 0 Å². The maximum Gasteiger partial charge on any atom is 0.306 e. The van der Waals surface area contributed by atoms with Crippen molar-refractivity contribution < 1.29 is 42.9 Å². The van der Waals surface area contributed by atoms with Crippen LogP contribution in [0.3, 0.4) is 0 Å². The summed E-state index contributed by atoms with van der Waals surface area (Å²) < 4.78 is 22.7. The van der Waals surface area contributed by atoms with Gasteiger partial charge in [0.05, 0.1) is 40.3 Å². The summed E-state index contributed by atoms with van der Waals surface area (Å²) in [5, 5.41) is 11.8. The summed E-state index contributed by atoms with van der Waals surface area (Å²) >= 11 is 0. The van der Waals surface area contributed by atoms with Crippen LogP contribution >= 0.6 is 0 Å². The number of hydrogen-bond acceptors (Lipinski definition) is 8. The molecule has 0 aromatic carbocycles. The first kappa shape index (κ1) is 66.7. The fraction of sp³-hybridized carbons (Fsp3) is 0.754. The minimum Gasteiger partial charge on any atom is -0.545 e. The van der Waals surface area contributed by atoms with Crippen LogP contribution in [0.4, 0.5) is 0 Å². The fourth-order valence-electron chi connectivity index (χ4n) is 7.79. The van der Waals surface area contributed by atoms with Crippen LogP contribution in [0.15, 0.2) is 72.9 Å². The van der Waals surface area contributed by atoms with Gasteiger partial charge in [0, 0.05) is 12.8 Å². The van der Waals surface area contributed by atoms with Crippen LogP contribution < -0.4 is 5.11 Å². The number of allylic oxidation sites excluding steroid dienone is 12. The fourth-order valence-corrected chi connectivity index (χ4v) is 7.79. The molecule has 0 radical (unpaired) electrons. The topological polar surface area (TPSA) is 111 Å². The molecule has 0 spiro atoms. The molecule has 9 nitrogen and oxygen atoms in total. The smallest absolute Gasteiger partial charge is 0.306 e. The van der Waals surface area contributed by atoms with Gasteiger partial charge in [-0.3, -0.25) is 9.59 Å². The first-order chi connectivity index (χ1) is 34.1. The van der Waals surface area contributed by atoms with E-state index in [4.69, 9.17) is 18.9 Å². The van der Waals surface area contributed by atoms with Crippen molar-refractivity contribution >= 4 is 17.9 Å². The molecule has 0 aliphatic heterocycles. The van der Waals surface area contributed by atoms with Crippen LogP contribution in [0.5, 0.6) is 0 Å². The number of carbonyl (C=O) groups is 3. The highest BCUT2D eigenvalue weighted by atomic mass is 16.7. The number of rotatable bonds is 52. The van der Waals surface area contributed by atoms with E-state index < -0.39 is 24.3 Å². The third-order valence-corrected chi connectivity index (χ3v) is 12.2. The summed E-state index contributed by atoms with van der Waals surface area (Å²) in [5.41, 5.74) is 0. The van der Waals surface area contributed by atoms with E-state index in [1.807, 2.05) is 21.1 Å². The van der Waals surface area contributed by atoms with Gasteiger partial charge < -0.3 is 33.3 Å². The Bertz CT molecular complexity index is 1380. The lowest BCUT2D eigenvalue weighted by molar-refractivity contribution is -0.870. The lowest BCUT2D eigenvalue weighted by atomic mass is 10.0. The highest BCUT2D eigenvalue weighted by Crippen LogP contribution is 2.15. The van der Waals surface area contributed by atoms with Crippen LogP contribution in [0.1, 0.15) is 239 Å². The Kier molecular flexibility index (Phi) is 49.6. The van der Waals surface area contributed by atoms with Gasteiger partial charge in [-0.05, 0) is 83.5 Å². The van der Waals surface area contributed by atoms with Gasteiger partial charge in [-0.2, -0.15) is 0 Å². The largest absolute Gasteiger partial charge is 0.545 e. The van der Waals surface area contributed by atoms with Crippen LogP contribution in [0.25, 0.3) is 0 Å². The van der Waals surface area contributed by atoms with Crippen LogP contribution in [0, 0.1) is 0 Å². The molecule has 0 fully saturated rings. The summed E-state index contributed by atoms with van der Waals surface area (Å²) in [6.07, 6.45) is 63.7. The van der Waals surface area contributed by atoms with E-state index in [0.717, 1.165) is 89.9 Å². The minimum absolute atomic E-state index is 0.144. The SMILES string of the molecule is CC/C=C\C/C=C\C/C=C\C/C=C\C/C=C\CCCCCCCCCCCCCC(=O)OC(COC(=O)CCCCCCCCC/C=C\CCCCCCCCC)COC(OCC[N+](C)(C)C)C(=O)[O-]. The van der Waals surface area contributed by atoms with Gasteiger partial charge in [0.15, 0.2) is 12.4 Å². The molecule has 70 heavy (non-hydrogen) atoms. The lowest BCUT2D eigenvalue weighted by Crippen LogP contribution is -2.44. The Morgan fingerprint density at radius 1 is 0.443 bits per heavy atom. The van der Waals surface area contributed by atoms with Crippen molar-refractivity contribution in [2.45, 2.75) is 251 Å². The third-order valence-electron chi connectivity index (χ3n) is 12.2. The van der Waals surface area contributed by atoms with Gasteiger partial charge >= 0.3 is 11.9 Å². The second-order valence-electron chi connectivity index (χ2n) is 20.2. The Hall–Kier alpha value is -3.27. The molecule has 0 N–H and O–H groups in total. The normalized spacial score (nSPS) is 13.3. The number of esters is 2. The molecule has 0 rings (SSSR count). The van der Waals surface area contributed by atoms with E-state index in [2.05, 4.69) is 86.8 Å². The highest BCUT2D eigenvalue weighted by Gasteiger charge is 2.22. The molecule has 0 amide bonds. The first-order valence-corrected chi connectivity index (χ1v) is 28.6. The molecule has 0 aliphatic rings. The Balaban J connectivity index is 4.26. The van der Waals surface area contributed by atoms with E-state index in [1.54, 1.807) is 0 Å². The maximum absolute atomic E-state index is 12.9. The van der Waals surface area contributed by atoms with E-state index in [-0.39, 0.29) is 38.6 Å². The molecule has 0 aromatic rings. The lowest BCUT2D eigenvalue weighted by Gasteiger charge is -2.26. The maximum atomic E-state index is 12.9. The van der Waals surface area contributed by atoms with E-state index >= 15 is 0 Å². The second-order valence-corrected chi connectivity index (χ2v) is 20.2. The van der Waals surface area contributed by atoms with Crippen molar-refractivity contribution in [2.24, 2.45) is 0 Å². The predicted molar refractivity (Wildman–Crippen MR) is 292 cm³/mol. The van der Waals surface area contributed by atoms with Crippen molar-refractivity contribution in [3.63, 3.8) is 0 Å². The zero-order valence-electron chi connectivity index (χ0n) is 45.9. The summed E-state index contributed by atoms with van der Waals surface area (Å²) in [6.45, 7) is 4.63. The molecule has 0 heterocycles. The van der Waals surface area contributed by atoms with Crippen molar-refractivity contribution in [3.05, 3.63) is 72.9 Å². The van der Waals surface area contributed by atoms with Crippen molar-refractivity contribution in [3.8, 4) is 0 Å². The summed E-state index contributed by atoms with van der Waals surface area (Å²) in [5.74, 6) is -2.29. The Labute approximate surface area is 430 Å². The van der Waals surface area contributed by atoms with E-state index in [1.165, 1.54) is 116 Å². The molecule has 9 heteroatoms. The molecule has 0 aliphatic carbocycles. The number of likely N-dealkylation sites (N-methyl/N-ethyl adjacent to an activating group) is 1. The van der Waals surface area contributed by atoms with Gasteiger partial charge in [0.1, 0.15) is 13.2 Å². The van der Waals surface area contributed by atoms with Gasteiger partial charge in [0.25, 0.3) is 0 Å². The average Bonchev–Trinajstić information content (AvgIpc) is 3.33. The third kappa shape index (κ3) is 52.6. The summed E-state index contributed by atoms with van der Waals surface area (Å²) in [7, 11) is 5.92. The molecule has 0 aromatic heterocycles. The number of carbonyl (C=O) groups excluding carboxylic acids is 3. The van der Waals surface area contributed by atoms with Crippen molar-refractivity contribution in [1.82, 2.24) is 0 Å². The van der Waals surface area contributed by atoms with Crippen LogP contribution in [-0.2, 0) is 33.3 Å². The number of quaternary nitrogens is 1. The minimum atomic E-state index is -1.63. The molecule has 0 bridgehead atoms. The average molecular weight is 983 g/mol. The molecular formula is C61H107NO8. The van der Waals surface area contributed by atoms with E-state index in [9.17, 15) is 19.5 Å². The molecule has 0 saturated heterocycles. The number of nitrogens with zero attached hydrogens (tertiary/aromatic N) is 1. The number of unbranched alkanes of at least 4 members (excludes halogenated alkanes) is 25. The zero-order valence-corrected chi connectivity index (χ0v) is 45.9. The molecule has 0 saturated carbocycles. The van der Waals surface area contributed by atoms with Gasteiger partial charge in [-0.15, -0.1) is 0 Å². The van der Waals surface area contributed by atoms with Crippen LogP contribution in [-0.4, -0.2) is 82.3 Å². The molecular weight excluding hydrogens is 875 g/mol. The van der Waals surface area contributed by atoms with Gasteiger partial charge in [-0.25, -0.2) is 0 Å². The number of hydrogen-bond donors (Lipinski definition) is 0.